The average molecular weight is 297 g/mol. The van der Waals surface area contributed by atoms with Crippen molar-refractivity contribution in [2.45, 2.75) is 0 Å². The number of hydrogen-bond donors (Lipinski definition) is 2. The van der Waals surface area contributed by atoms with Gasteiger partial charge in [0.15, 0.2) is 0 Å². The minimum Gasteiger partial charge on any atom is -0.418 e. The molecule has 0 aliphatic rings. The number of anilines is 3. The van der Waals surface area contributed by atoms with Crippen LogP contribution in [0.15, 0.2) is 57.7 Å². The SMILES string of the molecule is Nc1ccccc1Nc1c([N+](=O)[O-])c(=O)oc2ccccc12. The van der Waals surface area contributed by atoms with E-state index < -0.39 is 16.2 Å². The maximum absolute atomic E-state index is 11.9. The van der Waals surface area contributed by atoms with Gasteiger partial charge in [0.05, 0.1) is 16.3 Å². The highest BCUT2D eigenvalue weighted by Gasteiger charge is 2.25. The van der Waals surface area contributed by atoms with Crippen molar-refractivity contribution in [2.24, 2.45) is 0 Å². The van der Waals surface area contributed by atoms with Crippen molar-refractivity contribution in [3.63, 3.8) is 0 Å². The lowest BCUT2D eigenvalue weighted by atomic mass is 10.1. The van der Waals surface area contributed by atoms with Crippen LogP contribution in [-0.2, 0) is 0 Å². The van der Waals surface area contributed by atoms with Gasteiger partial charge in [-0.05, 0) is 24.3 Å². The normalized spacial score (nSPS) is 10.5. The number of nitrogens with one attached hydrogen (secondary N) is 1. The molecule has 0 fully saturated rings. The minimum atomic E-state index is -1.01. The van der Waals surface area contributed by atoms with Gasteiger partial charge in [-0.1, -0.05) is 24.3 Å². The summed E-state index contributed by atoms with van der Waals surface area (Å²) in [5.41, 5.74) is 5.39. The molecule has 1 aromatic heterocycles. The van der Waals surface area contributed by atoms with Gasteiger partial charge >= 0.3 is 11.3 Å². The highest BCUT2D eigenvalue weighted by atomic mass is 16.6. The third-order valence-corrected chi connectivity index (χ3v) is 3.19. The summed E-state index contributed by atoms with van der Waals surface area (Å²) in [4.78, 5) is 22.4. The molecule has 7 heteroatoms. The fourth-order valence-electron chi connectivity index (χ4n) is 2.18. The monoisotopic (exact) mass is 297 g/mol. The van der Waals surface area contributed by atoms with Crippen molar-refractivity contribution in [3.8, 4) is 0 Å². The Hall–Kier alpha value is -3.35. The number of hydrogen-bond acceptors (Lipinski definition) is 6. The van der Waals surface area contributed by atoms with Gasteiger partial charge in [-0.3, -0.25) is 10.1 Å². The summed E-state index contributed by atoms with van der Waals surface area (Å²) in [6.07, 6.45) is 0. The van der Waals surface area contributed by atoms with Crippen LogP contribution in [0.25, 0.3) is 11.0 Å². The molecule has 0 unspecified atom stereocenters. The quantitative estimate of drug-likeness (QED) is 0.332. The third kappa shape index (κ3) is 2.24. The molecule has 2 aromatic carbocycles. The molecule has 22 heavy (non-hydrogen) atoms. The van der Waals surface area contributed by atoms with Crippen LogP contribution < -0.4 is 16.7 Å². The van der Waals surface area contributed by atoms with Crippen molar-refractivity contribution in [1.29, 1.82) is 0 Å². The number of nitro groups is 1. The molecule has 0 bridgehead atoms. The van der Waals surface area contributed by atoms with Crippen LogP contribution in [-0.4, -0.2) is 4.92 Å². The van der Waals surface area contributed by atoms with Crippen LogP contribution in [0.1, 0.15) is 0 Å². The second-order valence-corrected chi connectivity index (χ2v) is 4.58. The zero-order valence-electron chi connectivity index (χ0n) is 11.3. The molecule has 110 valence electrons. The van der Waals surface area contributed by atoms with Gasteiger partial charge in [0.1, 0.15) is 11.3 Å². The summed E-state index contributed by atoms with van der Waals surface area (Å²) >= 11 is 0. The van der Waals surface area contributed by atoms with Crippen LogP contribution in [0.5, 0.6) is 0 Å². The maximum Gasteiger partial charge on any atom is 0.417 e. The molecule has 0 amide bonds. The Kier molecular flexibility index (Phi) is 3.23. The Balaban J connectivity index is 2.30. The van der Waals surface area contributed by atoms with Crippen LogP contribution >= 0.6 is 0 Å². The van der Waals surface area contributed by atoms with Gasteiger partial charge in [-0.25, -0.2) is 4.79 Å². The van der Waals surface area contributed by atoms with Gasteiger partial charge in [0.25, 0.3) is 0 Å². The van der Waals surface area contributed by atoms with Gasteiger partial charge < -0.3 is 15.5 Å². The minimum absolute atomic E-state index is 0.0646. The summed E-state index contributed by atoms with van der Waals surface area (Å²) in [6.45, 7) is 0. The van der Waals surface area contributed by atoms with Gasteiger partial charge in [-0.15, -0.1) is 0 Å². The third-order valence-electron chi connectivity index (χ3n) is 3.19. The summed E-state index contributed by atoms with van der Waals surface area (Å²) in [7, 11) is 0. The first-order valence-electron chi connectivity index (χ1n) is 6.39. The zero-order chi connectivity index (χ0) is 15.7. The highest BCUT2D eigenvalue weighted by Crippen LogP contribution is 2.33. The van der Waals surface area contributed by atoms with Gasteiger partial charge in [0, 0.05) is 5.39 Å². The molecule has 1 heterocycles. The first-order valence-corrected chi connectivity index (χ1v) is 6.39. The lowest BCUT2D eigenvalue weighted by Gasteiger charge is -2.11. The fraction of sp³-hybridized carbons (Fsp3) is 0. The molecule has 3 aromatic rings. The van der Waals surface area contributed by atoms with Crippen LogP contribution in [0.3, 0.4) is 0 Å². The number of fused-ring (bicyclic) bond motifs is 1. The second kappa shape index (κ2) is 5.21. The molecule has 0 aliphatic carbocycles. The van der Waals surface area contributed by atoms with Crippen molar-refractivity contribution in [3.05, 3.63) is 69.1 Å². The Labute approximate surface area is 124 Å². The Morgan fingerprint density at radius 1 is 1.09 bits per heavy atom. The van der Waals surface area contributed by atoms with E-state index in [1.807, 2.05) is 0 Å². The standard InChI is InChI=1S/C15H11N3O4/c16-10-6-2-3-7-11(10)17-13-9-5-1-4-8-12(9)22-15(19)14(13)18(20)21/h1-8,17H,16H2. The number of nitrogens with two attached hydrogens (primary N) is 1. The molecule has 0 saturated carbocycles. The van der Waals surface area contributed by atoms with E-state index in [9.17, 15) is 14.9 Å². The molecule has 0 atom stereocenters. The van der Waals surface area contributed by atoms with E-state index >= 15 is 0 Å². The Morgan fingerprint density at radius 2 is 1.77 bits per heavy atom. The van der Waals surface area contributed by atoms with E-state index in [2.05, 4.69) is 5.32 Å². The lowest BCUT2D eigenvalue weighted by Crippen LogP contribution is -2.11. The number of rotatable bonds is 3. The summed E-state index contributed by atoms with van der Waals surface area (Å²) in [5.74, 6) is 0. The largest absolute Gasteiger partial charge is 0.418 e. The van der Waals surface area contributed by atoms with E-state index in [4.69, 9.17) is 10.2 Å². The van der Waals surface area contributed by atoms with Crippen molar-refractivity contribution in [1.82, 2.24) is 0 Å². The lowest BCUT2D eigenvalue weighted by molar-refractivity contribution is -0.386. The molecular weight excluding hydrogens is 286 g/mol. The number of nitrogen functional groups attached to an aromatic ring is 1. The van der Waals surface area contributed by atoms with Crippen LogP contribution in [0.4, 0.5) is 22.7 Å². The number of nitrogens with zero attached hydrogens (tertiary/aromatic N) is 1. The summed E-state index contributed by atoms with van der Waals surface area (Å²) in [6, 6.07) is 13.4. The van der Waals surface area contributed by atoms with Gasteiger partial charge in [-0.2, -0.15) is 0 Å². The van der Waals surface area contributed by atoms with Crippen LogP contribution in [0.2, 0.25) is 0 Å². The van der Waals surface area contributed by atoms with Gasteiger partial charge in [0.2, 0.25) is 0 Å². The second-order valence-electron chi connectivity index (χ2n) is 4.58. The maximum atomic E-state index is 11.9. The van der Waals surface area contributed by atoms with E-state index in [0.29, 0.717) is 16.8 Å². The fourth-order valence-corrected chi connectivity index (χ4v) is 2.18. The van der Waals surface area contributed by atoms with Crippen molar-refractivity contribution < 1.29 is 9.34 Å². The molecule has 3 rings (SSSR count). The molecule has 0 spiro atoms. The molecule has 0 radical (unpaired) electrons. The van der Waals surface area contributed by atoms with Crippen molar-refractivity contribution >= 4 is 33.7 Å². The number of para-hydroxylation sites is 3. The molecule has 0 saturated heterocycles. The molecule has 7 nitrogen and oxygen atoms in total. The first kappa shape index (κ1) is 13.6. The summed E-state index contributed by atoms with van der Waals surface area (Å²) < 4.78 is 4.99. The predicted octanol–water partition coefficient (Wildman–Crippen LogP) is 3.03. The Bertz CT molecular complexity index is 933. The summed E-state index contributed by atoms with van der Waals surface area (Å²) in [5, 5.41) is 14.5. The van der Waals surface area contributed by atoms with Crippen LogP contribution in [0, 0.1) is 10.1 Å². The van der Waals surface area contributed by atoms with E-state index in [1.165, 1.54) is 0 Å². The smallest absolute Gasteiger partial charge is 0.417 e. The predicted molar refractivity (Wildman–Crippen MR) is 83.3 cm³/mol. The van der Waals surface area contributed by atoms with E-state index in [-0.39, 0.29) is 11.3 Å². The first-order chi connectivity index (χ1) is 10.6. The average Bonchev–Trinajstić information content (AvgIpc) is 2.49. The van der Waals surface area contributed by atoms with E-state index in [1.54, 1.807) is 48.5 Å². The van der Waals surface area contributed by atoms with Crippen molar-refractivity contribution in [2.75, 3.05) is 11.1 Å². The highest BCUT2D eigenvalue weighted by molar-refractivity contribution is 5.97. The Morgan fingerprint density at radius 3 is 2.50 bits per heavy atom. The zero-order valence-corrected chi connectivity index (χ0v) is 11.3. The molecule has 3 N–H and O–H groups in total. The molecule has 0 aliphatic heterocycles. The number of benzene rings is 2. The molecular formula is C15H11N3O4. The van der Waals surface area contributed by atoms with E-state index in [0.717, 1.165) is 0 Å². The topological polar surface area (TPSA) is 111 Å².